The molecular formula is C16H32IN5O. The standard InChI is InChI=1S/C16H31N5O.HI/c1-3-7-18-16(17-2)19-8-9-20-10-12-21(13-11-20)15(22)14-5-4-6-14;/h14H,3-13H2,1-2H3,(H2,17,18,19);1H. The van der Waals surface area contributed by atoms with E-state index >= 15 is 0 Å². The zero-order chi connectivity index (χ0) is 15.8. The molecule has 0 aromatic rings. The molecule has 1 amide bonds. The Hall–Kier alpha value is -0.570. The van der Waals surface area contributed by atoms with Crippen molar-refractivity contribution in [2.24, 2.45) is 10.9 Å². The minimum atomic E-state index is 0. The summed E-state index contributed by atoms with van der Waals surface area (Å²) in [5.41, 5.74) is 0. The molecule has 2 N–H and O–H groups in total. The summed E-state index contributed by atoms with van der Waals surface area (Å²) in [4.78, 5) is 20.9. The van der Waals surface area contributed by atoms with Crippen LogP contribution in [-0.4, -0.2) is 74.5 Å². The van der Waals surface area contributed by atoms with Crippen LogP contribution in [0.2, 0.25) is 0 Å². The second-order valence-corrected chi connectivity index (χ2v) is 6.22. The van der Waals surface area contributed by atoms with E-state index in [1.54, 1.807) is 7.05 Å². The van der Waals surface area contributed by atoms with Crippen molar-refractivity contribution in [1.82, 2.24) is 20.4 Å². The van der Waals surface area contributed by atoms with Gasteiger partial charge >= 0.3 is 0 Å². The molecule has 1 heterocycles. The van der Waals surface area contributed by atoms with Crippen molar-refractivity contribution in [2.75, 3.05) is 52.9 Å². The number of carbonyl (C=O) groups excluding carboxylic acids is 1. The van der Waals surface area contributed by atoms with Crippen LogP contribution in [0.1, 0.15) is 32.6 Å². The van der Waals surface area contributed by atoms with E-state index in [9.17, 15) is 4.79 Å². The molecule has 0 unspecified atom stereocenters. The maximum atomic E-state index is 12.2. The van der Waals surface area contributed by atoms with Gasteiger partial charge in [-0.1, -0.05) is 13.3 Å². The van der Waals surface area contributed by atoms with E-state index in [0.29, 0.717) is 11.8 Å². The first-order valence-corrected chi connectivity index (χ1v) is 8.70. The number of amides is 1. The molecule has 2 rings (SSSR count). The lowest BCUT2D eigenvalue weighted by Gasteiger charge is -2.38. The topological polar surface area (TPSA) is 60.0 Å². The fourth-order valence-electron chi connectivity index (χ4n) is 2.90. The maximum Gasteiger partial charge on any atom is 0.225 e. The first-order chi connectivity index (χ1) is 10.7. The lowest BCUT2D eigenvalue weighted by atomic mass is 9.84. The van der Waals surface area contributed by atoms with Crippen LogP contribution >= 0.6 is 24.0 Å². The molecule has 0 aromatic heterocycles. The van der Waals surface area contributed by atoms with Gasteiger partial charge in [0.2, 0.25) is 5.91 Å². The average Bonchev–Trinajstić information content (AvgIpc) is 2.49. The Kier molecular flexibility index (Phi) is 9.85. The zero-order valence-corrected chi connectivity index (χ0v) is 16.8. The normalized spacial score (nSPS) is 19.7. The highest BCUT2D eigenvalue weighted by Gasteiger charge is 2.30. The van der Waals surface area contributed by atoms with E-state index in [-0.39, 0.29) is 24.0 Å². The highest BCUT2D eigenvalue weighted by molar-refractivity contribution is 14.0. The molecule has 2 fully saturated rings. The number of nitrogens with one attached hydrogen (secondary N) is 2. The Morgan fingerprint density at radius 3 is 2.30 bits per heavy atom. The predicted molar refractivity (Wildman–Crippen MR) is 105 cm³/mol. The summed E-state index contributed by atoms with van der Waals surface area (Å²) in [5.74, 6) is 1.61. The van der Waals surface area contributed by atoms with Crippen molar-refractivity contribution < 1.29 is 4.79 Å². The molecule has 0 bridgehead atoms. The SMILES string of the molecule is CCCNC(=NC)NCCN1CCN(C(=O)C2CCC2)CC1.I. The number of halogens is 1. The monoisotopic (exact) mass is 437 g/mol. The van der Waals surface area contributed by atoms with Gasteiger partial charge in [0.15, 0.2) is 5.96 Å². The van der Waals surface area contributed by atoms with E-state index in [1.807, 2.05) is 0 Å². The maximum absolute atomic E-state index is 12.2. The van der Waals surface area contributed by atoms with Crippen LogP contribution in [0.4, 0.5) is 0 Å². The molecule has 2 aliphatic rings. The quantitative estimate of drug-likeness (QED) is 0.372. The van der Waals surface area contributed by atoms with Gasteiger partial charge in [0.05, 0.1) is 0 Å². The van der Waals surface area contributed by atoms with Gasteiger partial charge in [-0.2, -0.15) is 0 Å². The molecule has 23 heavy (non-hydrogen) atoms. The summed E-state index contributed by atoms with van der Waals surface area (Å²) >= 11 is 0. The molecule has 0 radical (unpaired) electrons. The van der Waals surface area contributed by atoms with Crippen LogP contribution in [-0.2, 0) is 4.79 Å². The molecule has 0 aromatic carbocycles. The average molecular weight is 437 g/mol. The highest BCUT2D eigenvalue weighted by Crippen LogP contribution is 2.28. The lowest BCUT2D eigenvalue weighted by molar-refractivity contribution is -0.139. The van der Waals surface area contributed by atoms with Crippen molar-refractivity contribution in [2.45, 2.75) is 32.6 Å². The van der Waals surface area contributed by atoms with E-state index in [1.165, 1.54) is 6.42 Å². The Bertz CT molecular complexity index is 379. The lowest BCUT2D eigenvalue weighted by Crippen LogP contribution is -2.52. The number of aliphatic imine (C=N–C) groups is 1. The first-order valence-electron chi connectivity index (χ1n) is 8.70. The zero-order valence-electron chi connectivity index (χ0n) is 14.5. The van der Waals surface area contributed by atoms with Crippen molar-refractivity contribution >= 4 is 35.8 Å². The molecule has 1 saturated carbocycles. The van der Waals surface area contributed by atoms with E-state index in [0.717, 1.165) is 71.0 Å². The van der Waals surface area contributed by atoms with Crippen LogP contribution < -0.4 is 10.6 Å². The van der Waals surface area contributed by atoms with Crippen molar-refractivity contribution in [1.29, 1.82) is 0 Å². The van der Waals surface area contributed by atoms with Crippen LogP contribution in [0, 0.1) is 5.92 Å². The number of rotatable bonds is 6. The number of hydrogen-bond acceptors (Lipinski definition) is 3. The largest absolute Gasteiger partial charge is 0.356 e. The molecule has 6 nitrogen and oxygen atoms in total. The van der Waals surface area contributed by atoms with Gasteiger partial charge in [0, 0.05) is 58.8 Å². The van der Waals surface area contributed by atoms with Gasteiger partial charge in [0.1, 0.15) is 0 Å². The molecule has 1 saturated heterocycles. The molecule has 0 spiro atoms. The second kappa shape index (κ2) is 11.1. The Labute approximate surface area is 157 Å². The smallest absolute Gasteiger partial charge is 0.225 e. The van der Waals surface area contributed by atoms with Crippen molar-refractivity contribution in [3.63, 3.8) is 0 Å². The summed E-state index contributed by atoms with van der Waals surface area (Å²) in [6.45, 7) is 8.73. The molecule has 1 aliphatic heterocycles. The van der Waals surface area contributed by atoms with Crippen LogP contribution in [0.3, 0.4) is 0 Å². The number of hydrogen-bond donors (Lipinski definition) is 2. The van der Waals surface area contributed by atoms with Gasteiger partial charge in [0.25, 0.3) is 0 Å². The number of carbonyl (C=O) groups is 1. The van der Waals surface area contributed by atoms with Gasteiger partial charge in [-0.25, -0.2) is 0 Å². The third-order valence-electron chi connectivity index (χ3n) is 4.62. The van der Waals surface area contributed by atoms with Gasteiger partial charge in [-0.15, -0.1) is 24.0 Å². The van der Waals surface area contributed by atoms with Gasteiger partial charge in [-0.05, 0) is 19.3 Å². The third-order valence-corrected chi connectivity index (χ3v) is 4.62. The van der Waals surface area contributed by atoms with E-state index in [4.69, 9.17) is 0 Å². The number of nitrogens with zero attached hydrogens (tertiary/aromatic N) is 3. The Morgan fingerprint density at radius 2 is 1.78 bits per heavy atom. The molecular weight excluding hydrogens is 405 g/mol. The highest BCUT2D eigenvalue weighted by atomic mass is 127. The van der Waals surface area contributed by atoms with Crippen LogP contribution in [0.15, 0.2) is 4.99 Å². The molecule has 134 valence electrons. The van der Waals surface area contributed by atoms with Crippen LogP contribution in [0.5, 0.6) is 0 Å². The summed E-state index contributed by atoms with van der Waals surface area (Å²) < 4.78 is 0. The van der Waals surface area contributed by atoms with Crippen molar-refractivity contribution in [3.05, 3.63) is 0 Å². The molecule has 0 atom stereocenters. The molecule has 7 heteroatoms. The van der Waals surface area contributed by atoms with Gasteiger partial charge in [-0.3, -0.25) is 14.7 Å². The fraction of sp³-hybridized carbons (Fsp3) is 0.875. The van der Waals surface area contributed by atoms with Crippen LogP contribution in [0.25, 0.3) is 0 Å². The van der Waals surface area contributed by atoms with Crippen molar-refractivity contribution in [3.8, 4) is 0 Å². The second-order valence-electron chi connectivity index (χ2n) is 6.22. The fourth-order valence-corrected chi connectivity index (χ4v) is 2.90. The minimum absolute atomic E-state index is 0. The van der Waals surface area contributed by atoms with E-state index < -0.39 is 0 Å². The number of piperazine rings is 1. The summed E-state index contributed by atoms with van der Waals surface area (Å²) in [6.07, 6.45) is 4.53. The van der Waals surface area contributed by atoms with E-state index in [2.05, 4.69) is 32.3 Å². The molecule has 1 aliphatic carbocycles. The summed E-state index contributed by atoms with van der Waals surface area (Å²) in [7, 11) is 1.80. The summed E-state index contributed by atoms with van der Waals surface area (Å²) in [6, 6.07) is 0. The first kappa shape index (κ1) is 20.5. The predicted octanol–water partition coefficient (Wildman–Crippen LogP) is 1.12. The third kappa shape index (κ3) is 6.45. The Balaban J connectivity index is 0.00000264. The summed E-state index contributed by atoms with van der Waals surface area (Å²) in [5, 5.41) is 6.61. The van der Waals surface area contributed by atoms with Gasteiger partial charge < -0.3 is 15.5 Å². The minimum Gasteiger partial charge on any atom is -0.356 e. The Morgan fingerprint density at radius 1 is 1.13 bits per heavy atom. The number of guanidine groups is 1.